The molecule has 0 aliphatic carbocycles. The summed E-state index contributed by atoms with van der Waals surface area (Å²) in [5, 5.41) is 11.8. The van der Waals surface area contributed by atoms with Crippen molar-refractivity contribution in [2.24, 2.45) is 0 Å². The molecule has 1 atom stereocenters. The largest absolute Gasteiger partial charge is 0.466 e. The van der Waals surface area contributed by atoms with Crippen molar-refractivity contribution in [3.8, 4) is 0 Å². The fraction of sp³-hybridized carbons (Fsp3) is 0.273. The molecule has 2 aromatic carbocycles. The monoisotopic (exact) mass is 492 g/mol. The number of carbonyl (C=O) groups is 2. The Morgan fingerprint density at radius 1 is 1.12 bits per heavy atom. The van der Waals surface area contributed by atoms with Crippen LogP contribution in [0.2, 0.25) is 10.0 Å². The molecule has 0 bridgehead atoms. The average Bonchev–Trinajstić information content (AvgIpc) is 3.13. The highest BCUT2D eigenvalue weighted by Crippen LogP contribution is 2.31. The second kappa shape index (κ2) is 11.4. The van der Waals surface area contributed by atoms with Crippen LogP contribution in [0.5, 0.6) is 0 Å². The molecule has 3 aromatic rings. The number of esters is 1. The van der Waals surface area contributed by atoms with E-state index in [-0.39, 0.29) is 29.9 Å². The number of halogens is 2. The van der Waals surface area contributed by atoms with Gasteiger partial charge in [0.1, 0.15) is 12.2 Å². The summed E-state index contributed by atoms with van der Waals surface area (Å²) in [6, 6.07) is 14.8. The highest BCUT2D eigenvalue weighted by molar-refractivity contribution is 8.00. The Morgan fingerprint density at radius 3 is 2.59 bits per heavy atom. The van der Waals surface area contributed by atoms with E-state index < -0.39 is 5.25 Å². The minimum Gasteiger partial charge on any atom is -0.466 e. The van der Waals surface area contributed by atoms with Gasteiger partial charge in [-0.25, -0.2) is 0 Å². The molecular weight excluding hydrogens is 471 g/mol. The summed E-state index contributed by atoms with van der Waals surface area (Å²) < 4.78 is 6.88. The van der Waals surface area contributed by atoms with Crippen molar-refractivity contribution in [1.29, 1.82) is 0 Å². The molecule has 1 amide bonds. The Kier molecular flexibility index (Phi) is 8.55. The lowest BCUT2D eigenvalue weighted by molar-refractivity contribution is -0.142. The van der Waals surface area contributed by atoms with E-state index in [9.17, 15) is 9.59 Å². The maximum Gasteiger partial charge on any atom is 0.313 e. The number of ether oxygens (including phenoxy) is 1. The van der Waals surface area contributed by atoms with E-state index in [1.54, 1.807) is 32.0 Å². The fourth-order valence-electron chi connectivity index (χ4n) is 2.85. The zero-order valence-corrected chi connectivity index (χ0v) is 19.9. The number of nitrogens with one attached hydrogen (secondary N) is 1. The first-order valence-corrected chi connectivity index (χ1v) is 11.6. The van der Waals surface area contributed by atoms with Crippen LogP contribution in [0.15, 0.2) is 53.7 Å². The van der Waals surface area contributed by atoms with Crippen LogP contribution in [0.3, 0.4) is 0 Å². The lowest BCUT2D eigenvalue weighted by Gasteiger charge is -2.15. The molecule has 0 spiro atoms. The number of nitrogens with zero attached hydrogens (tertiary/aromatic N) is 3. The third-order valence-corrected chi connectivity index (χ3v) is 6.35. The summed E-state index contributed by atoms with van der Waals surface area (Å²) in [4.78, 5) is 24.8. The fourth-order valence-corrected chi connectivity index (χ4v) is 4.06. The van der Waals surface area contributed by atoms with Gasteiger partial charge in [-0.1, -0.05) is 71.4 Å². The third kappa shape index (κ3) is 6.25. The van der Waals surface area contributed by atoms with Gasteiger partial charge in [-0.2, -0.15) is 0 Å². The number of anilines is 1. The zero-order chi connectivity index (χ0) is 23.1. The maximum atomic E-state index is 12.8. The molecular formula is C22H22Cl2N4O3S. The molecule has 1 aromatic heterocycles. The lowest BCUT2D eigenvalue weighted by atomic mass is 10.2. The van der Waals surface area contributed by atoms with Gasteiger partial charge in [0, 0.05) is 0 Å². The van der Waals surface area contributed by atoms with Crippen LogP contribution in [0.25, 0.3) is 0 Å². The van der Waals surface area contributed by atoms with Crippen molar-refractivity contribution in [3.05, 3.63) is 70.0 Å². The molecule has 168 valence electrons. The van der Waals surface area contributed by atoms with Crippen LogP contribution >= 0.6 is 35.0 Å². The molecule has 0 aliphatic rings. The van der Waals surface area contributed by atoms with E-state index in [2.05, 4.69) is 15.5 Å². The first kappa shape index (κ1) is 24.1. The number of aromatic nitrogens is 3. The Bertz CT molecular complexity index is 1090. The third-order valence-electron chi connectivity index (χ3n) is 4.45. The second-order valence-corrected chi connectivity index (χ2v) is 8.90. The van der Waals surface area contributed by atoms with Gasteiger partial charge in [-0.3, -0.25) is 9.59 Å². The van der Waals surface area contributed by atoms with E-state index in [4.69, 9.17) is 27.9 Å². The molecule has 1 N–H and O–H groups in total. The molecule has 0 saturated carbocycles. The molecule has 0 radical (unpaired) electrons. The topological polar surface area (TPSA) is 86.1 Å². The summed E-state index contributed by atoms with van der Waals surface area (Å²) in [6.07, 6.45) is -0.00701. The van der Waals surface area contributed by atoms with Gasteiger partial charge < -0.3 is 14.6 Å². The number of hydrogen-bond donors (Lipinski definition) is 1. The second-order valence-electron chi connectivity index (χ2n) is 6.80. The van der Waals surface area contributed by atoms with Gasteiger partial charge in [0.2, 0.25) is 5.91 Å². The molecule has 32 heavy (non-hydrogen) atoms. The van der Waals surface area contributed by atoms with Gasteiger partial charge in [-0.05, 0) is 31.5 Å². The van der Waals surface area contributed by atoms with E-state index in [1.807, 2.05) is 34.9 Å². The summed E-state index contributed by atoms with van der Waals surface area (Å²) in [6.45, 7) is 4.25. The van der Waals surface area contributed by atoms with Crippen molar-refractivity contribution in [2.75, 3.05) is 11.9 Å². The minimum atomic E-state index is -0.515. The van der Waals surface area contributed by atoms with Crippen LogP contribution in [0.1, 0.15) is 25.2 Å². The normalized spacial score (nSPS) is 11.8. The van der Waals surface area contributed by atoms with Crippen LogP contribution in [-0.4, -0.2) is 38.5 Å². The molecule has 1 unspecified atom stereocenters. The Morgan fingerprint density at radius 2 is 1.88 bits per heavy atom. The van der Waals surface area contributed by atoms with Crippen molar-refractivity contribution >= 4 is 52.5 Å². The van der Waals surface area contributed by atoms with Crippen molar-refractivity contribution in [2.45, 2.75) is 37.2 Å². The Balaban J connectivity index is 1.79. The Labute approximate surface area is 200 Å². The van der Waals surface area contributed by atoms with Gasteiger partial charge in [0.25, 0.3) is 0 Å². The lowest BCUT2D eigenvalue weighted by Crippen LogP contribution is -2.23. The van der Waals surface area contributed by atoms with Crippen LogP contribution in [0, 0.1) is 0 Å². The minimum absolute atomic E-state index is 0.00701. The van der Waals surface area contributed by atoms with E-state index in [1.165, 1.54) is 11.8 Å². The summed E-state index contributed by atoms with van der Waals surface area (Å²) >= 11 is 13.4. The highest BCUT2D eigenvalue weighted by Gasteiger charge is 2.22. The number of rotatable bonds is 9. The quantitative estimate of drug-likeness (QED) is 0.339. The average molecular weight is 493 g/mol. The van der Waals surface area contributed by atoms with Crippen LogP contribution in [0.4, 0.5) is 5.69 Å². The van der Waals surface area contributed by atoms with Gasteiger partial charge in [-0.15, -0.1) is 10.2 Å². The van der Waals surface area contributed by atoms with Crippen molar-refractivity contribution in [1.82, 2.24) is 14.8 Å². The predicted octanol–water partition coefficient (Wildman–Crippen LogP) is 4.86. The summed E-state index contributed by atoms with van der Waals surface area (Å²) in [7, 11) is 0. The number of benzene rings is 2. The summed E-state index contributed by atoms with van der Waals surface area (Å²) in [5.41, 5.74) is 1.45. The number of thioether (sulfide) groups is 1. The van der Waals surface area contributed by atoms with E-state index in [0.717, 1.165) is 5.56 Å². The highest BCUT2D eigenvalue weighted by atomic mass is 35.5. The first-order valence-electron chi connectivity index (χ1n) is 9.92. The molecule has 10 heteroatoms. The molecule has 0 aliphatic heterocycles. The van der Waals surface area contributed by atoms with Crippen LogP contribution < -0.4 is 5.32 Å². The van der Waals surface area contributed by atoms with Gasteiger partial charge in [0.15, 0.2) is 5.16 Å². The van der Waals surface area contributed by atoms with Crippen molar-refractivity contribution in [3.63, 3.8) is 0 Å². The van der Waals surface area contributed by atoms with Gasteiger partial charge >= 0.3 is 5.97 Å². The maximum absolute atomic E-state index is 12.8. The van der Waals surface area contributed by atoms with E-state index in [0.29, 0.717) is 28.2 Å². The van der Waals surface area contributed by atoms with Crippen molar-refractivity contribution < 1.29 is 14.3 Å². The van der Waals surface area contributed by atoms with Crippen LogP contribution in [-0.2, 0) is 27.3 Å². The molecule has 3 rings (SSSR count). The number of hydrogen-bond acceptors (Lipinski definition) is 6. The molecule has 0 fully saturated rings. The molecule has 1 heterocycles. The Hall–Kier alpha value is -2.55. The first-order chi connectivity index (χ1) is 15.4. The van der Waals surface area contributed by atoms with Gasteiger partial charge in [0.05, 0.1) is 34.1 Å². The summed E-state index contributed by atoms with van der Waals surface area (Å²) in [5.74, 6) is -0.173. The predicted molar refractivity (Wildman–Crippen MR) is 126 cm³/mol. The SMILES string of the molecule is CCOC(=O)Cc1nnc(SC(C)C(=O)Nc2cccc(Cl)c2Cl)n1Cc1ccccc1. The standard InChI is InChI=1S/C22H22Cl2N4O3S/c1-3-31-19(29)12-18-26-27-22(28(18)13-15-8-5-4-6-9-15)32-14(2)21(30)25-17-11-7-10-16(23)20(17)24/h4-11,14H,3,12-13H2,1-2H3,(H,25,30). The number of carbonyl (C=O) groups excluding carboxylic acids is 2. The molecule has 7 nitrogen and oxygen atoms in total. The smallest absolute Gasteiger partial charge is 0.313 e. The van der Waals surface area contributed by atoms with E-state index >= 15 is 0 Å². The number of amides is 1. The molecule has 0 saturated heterocycles. The zero-order valence-electron chi connectivity index (χ0n) is 17.5.